The number of fused-ring (bicyclic) bond motifs is 1. The van der Waals surface area contributed by atoms with Crippen LogP contribution in [0.15, 0.2) is 55.5 Å². The monoisotopic (exact) mass is 426 g/mol. The Hall–Kier alpha value is -3.40. The number of carbonyl (C=O) groups excluding carboxylic acids is 1. The lowest BCUT2D eigenvalue weighted by Gasteiger charge is -2.14. The Balaban J connectivity index is 1.82. The highest BCUT2D eigenvalue weighted by molar-refractivity contribution is 7.99. The van der Waals surface area contributed by atoms with Crippen molar-refractivity contribution in [3.05, 3.63) is 70.0 Å². The first-order valence-electron chi connectivity index (χ1n) is 9.08. The van der Waals surface area contributed by atoms with Crippen molar-refractivity contribution in [3.8, 4) is 0 Å². The van der Waals surface area contributed by atoms with E-state index in [4.69, 9.17) is 13.7 Å². The smallest absolute Gasteiger partial charge is 0.337 e. The Morgan fingerprint density at radius 1 is 1.30 bits per heavy atom. The van der Waals surface area contributed by atoms with E-state index < -0.39 is 5.97 Å². The molecule has 0 aliphatic heterocycles. The number of nitrogens with zero attached hydrogens (tertiary/aromatic N) is 4. The van der Waals surface area contributed by atoms with E-state index >= 15 is 0 Å². The van der Waals surface area contributed by atoms with Gasteiger partial charge in [0.1, 0.15) is 5.76 Å². The number of rotatable bonds is 6. The molecule has 0 spiro atoms. The average Bonchev–Trinajstić information content (AvgIpc) is 3.41. The largest absolute Gasteiger partial charge is 0.467 e. The number of esters is 1. The lowest BCUT2D eigenvalue weighted by atomic mass is 10.1. The Labute approximate surface area is 175 Å². The zero-order valence-electron chi connectivity index (χ0n) is 16.5. The fraction of sp³-hybridized carbons (Fsp3) is 0.250. The fourth-order valence-corrected chi connectivity index (χ4v) is 3.86. The summed E-state index contributed by atoms with van der Waals surface area (Å²) in [6.07, 6.45) is 1.55. The predicted octanol–water partition coefficient (Wildman–Crippen LogP) is 3.37. The molecule has 0 aliphatic carbocycles. The molecule has 3 aromatic heterocycles. The quantitative estimate of drug-likeness (QED) is 0.260. The number of thioether (sulfide) groups is 1. The van der Waals surface area contributed by atoms with Gasteiger partial charge in [0.2, 0.25) is 5.89 Å². The summed E-state index contributed by atoms with van der Waals surface area (Å²) in [5, 5.41) is 4.40. The van der Waals surface area contributed by atoms with Gasteiger partial charge in [-0.3, -0.25) is 9.36 Å². The van der Waals surface area contributed by atoms with E-state index in [1.54, 1.807) is 43.5 Å². The summed E-state index contributed by atoms with van der Waals surface area (Å²) in [5.74, 6) is 1.08. The van der Waals surface area contributed by atoms with Crippen LogP contribution in [0.3, 0.4) is 0 Å². The topological polar surface area (TPSA) is 113 Å². The molecule has 0 bridgehead atoms. The molecule has 10 heteroatoms. The van der Waals surface area contributed by atoms with Gasteiger partial charge in [0.15, 0.2) is 11.0 Å². The predicted molar refractivity (Wildman–Crippen MR) is 108 cm³/mol. The van der Waals surface area contributed by atoms with E-state index in [-0.39, 0.29) is 17.4 Å². The van der Waals surface area contributed by atoms with Gasteiger partial charge in [-0.05, 0) is 44.2 Å². The first-order valence-corrected chi connectivity index (χ1v) is 9.96. The van der Waals surface area contributed by atoms with Gasteiger partial charge < -0.3 is 13.7 Å². The minimum Gasteiger partial charge on any atom is -0.467 e. The lowest BCUT2D eigenvalue weighted by Crippen LogP contribution is -2.24. The lowest BCUT2D eigenvalue weighted by molar-refractivity contribution is 0.0601. The molecule has 0 aliphatic rings. The second-order valence-corrected chi connectivity index (χ2v) is 7.84. The summed E-state index contributed by atoms with van der Waals surface area (Å²) >= 11 is 1.31. The highest BCUT2D eigenvalue weighted by Crippen LogP contribution is 2.33. The standard InChI is InChI=1S/C20H18N4O5S/c1-11(17-21-12(2)23-29-17)30-20-22-16-9-13(19(26)27-3)6-7-15(16)18(25)24(20)10-14-5-4-8-28-14/h4-9,11H,10H2,1-3H3. The van der Waals surface area contributed by atoms with Crippen LogP contribution in [0.1, 0.15) is 40.0 Å². The van der Waals surface area contributed by atoms with Gasteiger partial charge in [-0.25, -0.2) is 9.78 Å². The maximum Gasteiger partial charge on any atom is 0.337 e. The molecule has 4 rings (SSSR count). The summed E-state index contributed by atoms with van der Waals surface area (Å²) in [6, 6.07) is 8.22. The molecule has 4 aromatic rings. The summed E-state index contributed by atoms with van der Waals surface area (Å²) in [6.45, 7) is 3.83. The zero-order chi connectivity index (χ0) is 21.3. The Morgan fingerprint density at radius 3 is 2.80 bits per heavy atom. The molecule has 0 radical (unpaired) electrons. The van der Waals surface area contributed by atoms with E-state index in [0.717, 1.165) is 0 Å². The molecule has 3 heterocycles. The van der Waals surface area contributed by atoms with Gasteiger partial charge in [0.25, 0.3) is 5.56 Å². The number of hydrogen-bond acceptors (Lipinski definition) is 9. The molecule has 0 saturated carbocycles. The number of hydrogen-bond donors (Lipinski definition) is 0. The van der Waals surface area contributed by atoms with E-state index in [1.165, 1.54) is 23.4 Å². The molecule has 0 saturated heterocycles. The minimum atomic E-state index is -0.498. The van der Waals surface area contributed by atoms with Crippen molar-refractivity contribution in [2.45, 2.75) is 30.8 Å². The second-order valence-electron chi connectivity index (χ2n) is 6.53. The van der Waals surface area contributed by atoms with Gasteiger partial charge in [0.05, 0.1) is 41.6 Å². The van der Waals surface area contributed by atoms with Crippen LogP contribution in [-0.4, -0.2) is 32.8 Å². The van der Waals surface area contributed by atoms with Crippen molar-refractivity contribution in [2.75, 3.05) is 7.11 Å². The molecule has 1 aromatic carbocycles. The third-order valence-corrected chi connectivity index (χ3v) is 5.49. The van der Waals surface area contributed by atoms with Crippen LogP contribution in [0.5, 0.6) is 0 Å². The molecule has 9 nitrogen and oxygen atoms in total. The van der Waals surface area contributed by atoms with Crippen molar-refractivity contribution in [2.24, 2.45) is 0 Å². The van der Waals surface area contributed by atoms with Crippen molar-refractivity contribution in [1.82, 2.24) is 19.7 Å². The molecular formula is C20H18N4O5S. The van der Waals surface area contributed by atoms with Crippen LogP contribution in [0.4, 0.5) is 0 Å². The first kappa shape index (κ1) is 19.9. The number of methoxy groups -OCH3 is 1. The van der Waals surface area contributed by atoms with Gasteiger partial charge in [-0.2, -0.15) is 4.98 Å². The van der Waals surface area contributed by atoms with E-state index in [0.29, 0.717) is 39.1 Å². The number of carbonyl (C=O) groups is 1. The Morgan fingerprint density at radius 2 is 2.13 bits per heavy atom. The maximum atomic E-state index is 13.2. The highest BCUT2D eigenvalue weighted by atomic mass is 32.2. The van der Waals surface area contributed by atoms with Gasteiger partial charge in [0, 0.05) is 0 Å². The van der Waals surface area contributed by atoms with E-state index in [1.807, 2.05) is 6.92 Å². The third-order valence-electron chi connectivity index (χ3n) is 4.41. The first-order chi connectivity index (χ1) is 14.5. The van der Waals surface area contributed by atoms with Crippen molar-refractivity contribution < 1.29 is 18.5 Å². The van der Waals surface area contributed by atoms with Crippen molar-refractivity contribution in [1.29, 1.82) is 0 Å². The number of benzene rings is 1. The summed E-state index contributed by atoms with van der Waals surface area (Å²) in [5.41, 5.74) is 0.469. The van der Waals surface area contributed by atoms with Crippen LogP contribution < -0.4 is 5.56 Å². The summed E-state index contributed by atoms with van der Waals surface area (Å²) in [7, 11) is 1.30. The molecule has 0 amide bonds. The van der Waals surface area contributed by atoms with Gasteiger partial charge in [-0.1, -0.05) is 16.9 Å². The van der Waals surface area contributed by atoms with Crippen LogP contribution in [0.25, 0.3) is 10.9 Å². The average molecular weight is 426 g/mol. The normalized spacial score (nSPS) is 12.2. The van der Waals surface area contributed by atoms with Crippen molar-refractivity contribution >= 4 is 28.6 Å². The highest BCUT2D eigenvalue weighted by Gasteiger charge is 2.21. The SMILES string of the molecule is COC(=O)c1ccc2c(=O)n(Cc3ccco3)c(SC(C)c3nc(C)no3)nc2c1. The number of furan rings is 1. The Bertz CT molecular complexity index is 1260. The van der Waals surface area contributed by atoms with Crippen LogP contribution >= 0.6 is 11.8 Å². The second kappa shape index (κ2) is 8.15. The number of aryl methyl sites for hydroxylation is 1. The third kappa shape index (κ3) is 3.86. The summed E-state index contributed by atoms with van der Waals surface area (Å²) < 4.78 is 17.0. The molecule has 30 heavy (non-hydrogen) atoms. The number of ether oxygens (including phenoxy) is 1. The Kier molecular flexibility index (Phi) is 5.40. The van der Waals surface area contributed by atoms with Crippen LogP contribution in [0.2, 0.25) is 0 Å². The molecule has 154 valence electrons. The number of aromatic nitrogens is 4. The summed E-state index contributed by atoms with van der Waals surface area (Å²) in [4.78, 5) is 34.0. The molecule has 1 atom stereocenters. The maximum absolute atomic E-state index is 13.2. The molecule has 0 fully saturated rings. The van der Waals surface area contributed by atoms with Crippen LogP contribution in [0, 0.1) is 6.92 Å². The van der Waals surface area contributed by atoms with Gasteiger partial charge >= 0.3 is 5.97 Å². The van der Waals surface area contributed by atoms with Crippen molar-refractivity contribution in [3.63, 3.8) is 0 Å². The zero-order valence-corrected chi connectivity index (χ0v) is 17.3. The van der Waals surface area contributed by atoms with E-state index in [9.17, 15) is 9.59 Å². The van der Waals surface area contributed by atoms with Crippen LogP contribution in [-0.2, 0) is 11.3 Å². The fourth-order valence-electron chi connectivity index (χ4n) is 2.92. The van der Waals surface area contributed by atoms with Gasteiger partial charge in [-0.15, -0.1) is 0 Å². The molecule has 1 unspecified atom stereocenters. The van der Waals surface area contributed by atoms with E-state index in [2.05, 4.69) is 15.1 Å². The minimum absolute atomic E-state index is 0.214. The molecular weight excluding hydrogens is 408 g/mol. The molecule has 0 N–H and O–H groups in total.